The second-order valence-electron chi connectivity index (χ2n) is 5.63. The van der Waals surface area contributed by atoms with Crippen molar-refractivity contribution in [1.82, 2.24) is 9.55 Å². The topological polar surface area (TPSA) is 129 Å². The van der Waals surface area contributed by atoms with E-state index in [4.69, 9.17) is 9.84 Å². The summed E-state index contributed by atoms with van der Waals surface area (Å²) in [6.45, 7) is 4.08. The van der Waals surface area contributed by atoms with Crippen molar-refractivity contribution in [3.05, 3.63) is 22.7 Å². The molecule has 4 N–H and O–H groups in total. The Morgan fingerprint density at radius 2 is 2.29 bits per heavy atom. The van der Waals surface area contributed by atoms with Gasteiger partial charge in [-0.25, -0.2) is 9.18 Å². The number of nitrogens with one attached hydrogen (secondary N) is 1. The van der Waals surface area contributed by atoms with E-state index in [2.05, 4.69) is 22.0 Å². The summed E-state index contributed by atoms with van der Waals surface area (Å²) in [5.41, 5.74) is -4.66. The molecule has 9 nitrogen and oxygen atoms in total. The van der Waals surface area contributed by atoms with Crippen molar-refractivity contribution in [1.29, 1.82) is 0 Å². The van der Waals surface area contributed by atoms with Gasteiger partial charge in [0.15, 0.2) is 11.9 Å². The number of hydrogen-bond donors (Lipinski definition) is 4. The molecule has 10 heteroatoms. The summed E-state index contributed by atoms with van der Waals surface area (Å²) in [4.78, 5) is 19.5. The van der Waals surface area contributed by atoms with Crippen LogP contribution in [0.3, 0.4) is 0 Å². The number of aliphatic imine (C=N–C) groups is 1. The van der Waals surface area contributed by atoms with Gasteiger partial charge in [0.2, 0.25) is 5.72 Å². The van der Waals surface area contributed by atoms with E-state index in [1.807, 2.05) is 0 Å². The molecule has 0 bridgehead atoms. The van der Waals surface area contributed by atoms with Crippen LogP contribution in [0.5, 0.6) is 0 Å². The van der Waals surface area contributed by atoms with E-state index in [-0.39, 0.29) is 12.4 Å². The standard InChI is InChI=1S/C14H21FN4O5/c1-13(10(15)11(22)14(8-21,16-2)24-13)19-6-4-9(18-12(19)23)17-5-3-7-20/h4,6,10-11,20-22H,2-3,5,7-8H2,1H3,(H,17,18,23)/t10?,11?,13?,14-/m1/s1. The molecule has 0 spiro atoms. The van der Waals surface area contributed by atoms with Crippen molar-refractivity contribution >= 4 is 12.5 Å². The van der Waals surface area contributed by atoms with Crippen molar-refractivity contribution in [3.63, 3.8) is 0 Å². The van der Waals surface area contributed by atoms with E-state index in [0.717, 1.165) is 4.57 Å². The SMILES string of the molecule is C=N[C@]1(CO)OC(C)(n2ccc(NCCCO)nc2=O)C(F)C1O. The number of aliphatic hydroxyl groups is 3. The fourth-order valence-corrected chi connectivity index (χ4v) is 2.61. The number of aliphatic hydroxyl groups excluding tert-OH is 3. The van der Waals surface area contributed by atoms with E-state index in [9.17, 15) is 19.4 Å². The largest absolute Gasteiger partial charge is 0.396 e. The predicted octanol–water partition coefficient (Wildman–Crippen LogP) is -1.17. The third-order valence-corrected chi connectivity index (χ3v) is 4.05. The Bertz CT molecular complexity index is 656. The van der Waals surface area contributed by atoms with Crippen LogP contribution in [0, 0.1) is 0 Å². The monoisotopic (exact) mass is 344 g/mol. The summed E-state index contributed by atoms with van der Waals surface area (Å²) < 4.78 is 21.0. The summed E-state index contributed by atoms with van der Waals surface area (Å²) in [6.07, 6.45) is -2.08. The molecule has 134 valence electrons. The molecule has 1 aliphatic rings. The quantitative estimate of drug-likeness (QED) is 0.362. The fourth-order valence-electron chi connectivity index (χ4n) is 2.61. The van der Waals surface area contributed by atoms with E-state index < -0.39 is 36.0 Å². The third-order valence-electron chi connectivity index (χ3n) is 4.05. The molecule has 2 heterocycles. The van der Waals surface area contributed by atoms with Crippen LogP contribution in [-0.4, -0.2) is 69.3 Å². The molecule has 1 aromatic rings. The predicted molar refractivity (Wildman–Crippen MR) is 83.7 cm³/mol. The van der Waals surface area contributed by atoms with Crippen molar-refractivity contribution in [2.45, 2.75) is 37.1 Å². The van der Waals surface area contributed by atoms with Gasteiger partial charge >= 0.3 is 5.69 Å². The lowest BCUT2D eigenvalue weighted by molar-refractivity contribution is -0.172. The number of alkyl halides is 1. The van der Waals surface area contributed by atoms with Gasteiger partial charge in [-0.05, 0) is 26.1 Å². The molecule has 2 rings (SSSR count). The molecule has 0 aliphatic carbocycles. The highest BCUT2D eigenvalue weighted by molar-refractivity contribution is 5.32. The van der Waals surface area contributed by atoms with Crippen LogP contribution in [0.1, 0.15) is 13.3 Å². The van der Waals surface area contributed by atoms with E-state index in [1.165, 1.54) is 19.2 Å². The molecule has 1 saturated heterocycles. The van der Waals surface area contributed by atoms with Crippen molar-refractivity contribution < 1.29 is 24.4 Å². The molecule has 24 heavy (non-hydrogen) atoms. The number of rotatable bonds is 7. The number of hydrogen-bond acceptors (Lipinski definition) is 8. The van der Waals surface area contributed by atoms with Crippen molar-refractivity contribution in [2.75, 3.05) is 25.1 Å². The van der Waals surface area contributed by atoms with Crippen LogP contribution in [0.25, 0.3) is 0 Å². The van der Waals surface area contributed by atoms with Crippen LogP contribution in [0.2, 0.25) is 0 Å². The van der Waals surface area contributed by atoms with Gasteiger partial charge in [-0.15, -0.1) is 0 Å². The summed E-state index contributed by atoms with van der Waals surface area (Å²) in [5.74, 6) is 0.262. The highest BCUT2D eigenvalue weighted by atomic mass is 19.1. The maximum atomic E-state index is 14.6. The molecule has 4 atom stereocenters. The summed E-state index contributed by atoms with van der Waals surface area (Å²) in [6, 6.07) is 1.44. The van der Waals surface area contributed by atoms with Crippen LogP contribution >= 0.6 is 0 Å². The average Bonchev–Trinajstić information content (AvgIpc) is 2.77. The first-order chi connectivity index (χ1) is 11.3. The van der Waals surface area contributed by atoms with E-state index in [1.54, 1.807) is 0 Å². The Kier molecular flexibility index (Phi) is 5.33. The fraction of sp³-hybridized carbons (Fsp3) is 0.643. The summed E-state index contributed by atoms with van der Waals surface area (Å²) in [7, 11) is 0. The molecule has 1 fully saturated rings. The first-order valence-corrected chi connectivity index (χ1v) is 7.40. The minimum atomic E-state index is -2.04. The zero-order valence-corrected chi connectivity index (χ0v) is 13.2. The molecule has 0 saturated carbocycles. The molecule has 3 unspecified atom stereocenters. The average molecular weight is 344 g/mol. The van der Waals surface area contributed by atoms with Gasteiger partial charge < -0.3 is 25.4 Å². The van der Waals surface area contributed by atoms with Crippen LogP contribution in [0.15, 0.2) is 22.1 Å². The third kappa shape index (κ3) is 2.93. The van der Waals surface area contributed by atoms with Crippen LogP contribution in [0.4, 0.5) is 10.2 Å². The second-order valence-corrected chi connectivity index (χ2v) is 5.63. The number of ether oxygens (including phenoxy) is 1. The highest BCUT2D eigenvalue weighted by Crippen LogP contribution is 2.43. The number of aromatic nitrogens is 2. The Hall–Kier alpha value is -1.88. The zero-order valence-electron chi connectivity index (χ0n) is 13.2. The second kappa shape index (κ2) is 6.93. The molecule has 1 aliphatic heterocycles. The van der Waals surface area contributed by atoms with Crippen LogP contribution < -0.4 is 11.0 Å². The Balaban J connectivity index is 2.33. The van der Waals surface area contributed by atoms with Gasteiger partial charge in [0, 0.05) is 19.3 Å². The van der Waals surface area contributed by atoms with E-state index in [0.29, 0.717) is 13.0 Å². The molecule has 0 aromatic carbocycles. The Morgan fingerprint density at radius 1 is 1.58 bits per heavy atom. The minimum absolute atomic E-state index is 0.00477. The first-order valence-electron chi connectivity index (χ1n) is 7.40. The molecular formula is C14H21FN4O5. The van der Waals surface area contributed by atoms with Gasteiger partial charge in [0.25, 0.3) is 0 Å². The first kappa shape index (κ1) is 18.5. The zero-order chi connectivity index (χ0) is 18.0. The Morgan fingerprint density at radius 3 is 2.79 bits per heavy atom. The lowest BCUT2D eigenvalue weighted by Gasteiger charge is -2.30. The smallest absolute Gasteiger partial charge is 0.351 e. The Labute approximate surface area is 137 Å². The van der Waals surface area contributed by atoms with Gasteiger partial charge in [0.1, 0.15) is 11.9 Å². The molecule has 1 aromatic heterocycles. The maximum absolute atomic E-state index is 14.6. The van der Waals surface area contributed by atoms with Gasteiger partial charge in [-0.3, -0.25) is 9.56 Å². The van der Waals surface area contributed by atoms with Gasteiger partial charge in [-0.1, -0.05) is 0 Å². The minimum Gasteiger partial charge on any atom is -0.396 e. The van der Waals surface area contributed by atoms with E-state index >= 15 is 0 Å². The summed E-state index contributed by atoms with van der Waals surface area (Å²) in [5, 5.41) is 31.0. The lowest BCUT2D eigenvalue weighted by atomic mass is 10.0. The molecular weight excluding hydrogens is 323 g/mol. The van der Waals surface area contributed by atoms with Crippen LogP contribution in [-0.2, 0) is 10.5 Å². The van der Waals surface area contributed by atoms with Gasteiger partial charge in [-0.2, -0.15) is 4.98 Å². The number of nitrogens with zero attached hydrogens (tertiary/aromatic N) is 3. The maximum Gasteiger partial charge on any atom is 0.351 e. The molecule has 0 amide bonds. The lowest BCUT2D eigenvalue weighted by Crippen LogP contribution is -2.46. The summed E-state index contributed by atoms with van der Waals surface area (Å²) >= 11 is 0. The van der Waals surface area contributed by atoms with Gasteiger partial charge in [0.05, 0.1) is 6.61 Å². The number of halogens is 1. The van der Waals surface area contributed by atoms with Crippen molar-refractivity contribution in [3.8, 4) is 0 Å². The number of anilines is 1. The molecule has 0 radical (unpaired) electrons. The van der Waals surface area contributed by atoms with Crippen molar-refractivity contribution in [2.24, 2.45) is 4.99 Å². The highest BCUT2D eigenvalue weighted by Gasteiger charge is 2.62. The normalized spacial score (nSPS) is 32.7.